The SMILES string of the molecule is C#C/C=C\C#C[C@H](OC1CC(O)[C@H](NOC2CC[C@H](SC)C(C)O2)C(C)O1)C1=C(N)C(=O)CC(C)/C1=C/CSSC(C)(C)CC(=O)O. The van der Waals surface area contributed by atoms with Crippen LogP contribution in [0.1, 0.15) is 66.7 Å². The van der Waals surface area contributed by atoms with Crippen molar-refractivity contribution in [3.05, 3.63) is 35.1 Å². The molecule has 0 amide bonds. The molecule has 6 unspecified atom stereocenters. The molecule has 0 radical (unpaired) electrons. The largest absolute Gasteiger partial charge is 0.481 e. The molecule has 1 aliphatic carbocycles. The van der Waals surface area contributed by atoms with E-state index in [1.807, 2.05) is 40.7 Å². The van der Waals surface area contributed by atoms with Gasteiger partial charge in [0.2, 0.25) is 0 Å². The number of thioether (sulfide) groups is 1. The summed E-state index contributed by atoms with van der Waals surface area (Å²) >= 11 is 1.78. The highest BCUT2D eigenvalue weighted by Gasteiger charge is 2.40. The van der Waals surface area contributed by atoms with E-state index in [1.165, 1.54) is 33.7 Å². The highest BCUT2D eigenvalue weighted by molar-refractivity contribution is 8.77. The second-order valence-corrected chi connectivity index (χ2v) is 16.6. The first-order chi connectivity index (χ1) is 22.3. The van der Waals surface area contributed by atoms with Gasteiger partial charge in [0.05, 0.1) is 36.5 Å². The summed E-state index contributed by atoms with van der Waals surface area (Å²) in [5, 5.41) is 20.8. The molecule has 260 valence electrons. The molecule has 10 nitrogen and oxygen atoms in total. The first kappa shape index (κ1) is 39.5. The molecule has 9 atom stereocenters. The molecule has 2 aliphatic heterocycles. The van der Waals surface area contributed by atoms with Crippen LogP contribution in [0.25, 0.3) is 0 Å². The number of carbonyl (C=O) groups excluding carboxylic acids is 1. The zero-order valence-corrected chi connectivity index (χ0v) is 30.3. The van der Waals surface area contributed by atoms with Gasteiger partial charge in [0.25, 0.3) is 0 Å². The zero-order chi connectivity index (χ0) is 34.7. The lowest BCUT2D eigenvalue weighted by Crippen LogP contribution is -2.56. The Hall–Kier alpha value is -1.91. The van der Waals surface area contributed by atoms with Crippen molar-refractivity contribution in [2.75, 3.05) is 12.0 Å². The van der Waals surface area contributed by atoms with Gasteiger partial charge in [0.1, 0.15) is 6.10 Å². The number of nitrogens with two attached hydrogens (primary N) is 1. The van der Waals surface area contributed by atoms with Gasteiger partial charge >= 0.3 is 5.97 Å². The van der Waals surface area contributed by atoms with Crippen LogP contribution in [0.15, 0.2) is 35.1 Å². The fourth-order valence-electron chi connectivity index (χ4n) is 5.70. The Morgan fingerprint density at radius 3 is 2.57 bits per heavy atom. The third-order valence-electron chi connectivity index (χ3n) is 8.12. The fourth-order valence-corrected chi connectivity index (χ4v) is 8.88. The molecule has 47 heavy (non-hydrogen) atoms. The number of rotatable bonds is 13. The van der Waals surface area contributed by atoms with Crippen LogP contribution in [-0.4, -0.2) is 87.0 Å². The van der Waals surface area contributed by atoms with Gasteiger partial charge in [0, 0.05) is 40.6 Å². The Morgan fingerprint density at radius 1 is 1.21 bits per heavy atom. The molecule has 0 aromatic rings. The van der Waals surface area contributed by atoms with Crippen LogP contribution < -0.4 is 11.2 Å². The maximum Gasteiger partial charge on any atom is 0.304 e. The number of aliphatic hydroxyl groups excluding tert-OH is 1. The molecular weight excluding hydrogens is 661 g/mol. The lowest BCUT2D eigenvalue weighted by atomic mass is 9.80. The van der Waals surface area contributed by atoms with Gasteiger partial charge < -0.3 is 30.2 Å². The van der Waals surface area contributed by atoms with E-state index < -0.39 is 47.7 Å². The number of carboxylic acids is 1. The summed E-state index contributed by atoms with van der Waals surface area (Å²) in [6.07, 6.45) is 10.9. The normalized spacial score (nSPS) is 31.8. The maximum absolute atomic E-state index is 13.0. The van der Waals surface area contributed by atoms with Crippen molar-refractivity contribution in [3.63, 3.8) is 0 Å². The molecule has 2 heterocycles. The lowest BCUT2D eigenvalue weighted by Gasteiger charge is -2.40. The van der Waals surface area contributed by atoms with Crippen LogP contribution in [0.2, 0.25) is 0 Å². The van der Waals surface area contributed by atoms with Crippen LogP contribution in [0, 0.1) is 30.1 Å². The van der Waals surface area contributed by atoms with Crippen molar-refractivity contribution in [1.82, 2.24) is 5.48 Å². The van der Waals surface area contributed by atoms with Crippen LogP contribution in [0.3, 0.4) is 0 Å². The molecular formula is C34H48N2O8S3. The first-order valence-corrected chi connectivity index (χ1v) is 19.3. The number of hydrogen-bond donors (Lipinski definition) is 4. The number of hydrogen-bond acceptors (Lipinski definition) is 12. The van der Waals surface area contributed by atoms with Crippen molar-refractivity contribution in [2.45, 2.75) is 120 Å². The summed E-state index contributed by atoms with van der Waals surface area (Å²) in [4.78, 5) is 30.1. The van der Waals surface area contributed by atoms with E-state index in [2.05, 4.69) is 29.5 Å². The van der Waals surface area contributed by atoms with E-state index in [1.54, 1.807) is 11.8 Å². The number of allylic oxidation sites excluding steroid dienone is 3. The highest BCUT2D eigenvalue weighted by Crippen LogP contribution is 2.40. The number of carbonyl (C=O) groups is 2. The molecule has 0 saturated carbocycles. The first-order valence-electron chi connectivity index (χ1n) is 15.7. The number of ether oxygens (including phenoxy) is 3. The number of carboxylic acid groups (broad SMARTS) is 1. The summed E-state index contributed by atoms with van der Waals surface area (Å²) in [5.41, 5.74) is 10.8. The Morgan fingerprint density at radius 2 is 1.94 bits per heavy atom. The average molecular weight is 709 g/mol. The number of nitrogens with one attached hydrogen (secondary N) is 1. The van der Waals surface area contributed by atoms with Gasteiger partial charge in [0.15, 0.2) is 18.4 Å². The van der Waals surface area contributed by atoms with E-state index in [0.717, 1.165) is 18.4 Å². The quantitative estimate of drug-likeness (QED) is 0.0916. The number of aliphatic hydroxyl groups is 1. The van der Waals surface area contributed by atoms with E-state index in [9.17, 15) is 19.8 Å². The van der Waals surface area contributed by atoms with Crippen LogP contribution in [-0.2, 0) is 28.6 Å². The summed E-state index contributed by atoms with van der Waals surface area (Å²) < 4.78 is 18.1. The Bertz CT molecular complexity index is 1290. The molecule has 0 bridgehead atoms. The summed E-state index contributed by atoms with van der Waals surface area (Å²) in [7, 11) is 3.01. The van der Waals surface area contributed by atoms with Gasteiger partial charge in [-0.25, -0.2) is 0 Å². The average Bonchev–Trinajstić information content (AvgIpc) is 2.98. The summed E-state index contributed by atoms with van der Waals surface area (Å²) in [6.45, 7) is 9.57. The number of hydroxylamine groups is 1. The second-order valence-electron chi connectivity index (χ2n) is 12.5. The van der Waals surface area contributed by atoms with Crippen molar-refractivity contribution < 1.29 is 38.9 Å². The Kier molecular flexibility index (Phi) is 15.8. The molecule has 2 saturated heterocycles. The third-order valence-corrected chi connectivity index (χ3v) is 12.5. The number of aliphatic carboxylic acids is 1. The molecule has 2 fully saturated rings. The van der Waals surface area contributed by atoms with E-state index in [0.29, 0.717) is 16.6 Å². The fraction of sp³-hybridized carbons (Fsp3) is 0.647. The summed E-state index contributed by atoms with van der Waals surface area (Å²) in [6, 6.07) is -0.536. The molecule has 0 aromatic carbocycles. The molecule has 5 N–H and O–H groups in total. The minimum atomic E-state index is -0.955. The number of ketones is 1. The minimum Gasteiger partial charge on any atom is -0.481 e. The third kappa shape index (κ3) is 11.9. The van der Waals surface area contributed by atoms with E-state index in [-0.39, 0.29) is 42.8 Å². The Balaban J connectivity index is 1.76. The van der Waals surface area contributed by atoms with Crippen molar-refractivity contribution in [1.29, 1.82) is 0 Å². The molecule has 3 aliphatic rings. The van der Waals surface area contributed by atoms with Crippen LogP contribution in [0.5, 0.6) is 0 Å². The molecule has 3 rings (SSSR count). The van der Waals surface area contributed by atoms with Gasteiger partial charge in [-0.1, -0.05) is 52.3 Å². The van der Waals surface area contributed by atoms with Crippen LogP contribution in [0.4, 0.5) is 0 Å². The van der Waals surface area contributed by atoms with Crippen molar-refractivity contribution >= 4 is 45.1 Å². The predicted octanol–water partition coefficient (Wildman–Crippen LogP) is 4.59. The van der Waals surface area contributed by atoms with Gasteiger partial charge in [-0.2, -0.15) is 17.2 Å². The maximum atomic E-state index is 13.0. The van der Waals surface area contributed by atoms with Crippen molar-refractivity contribution in [2.24, 2.45) is 11.7 Å². The molecule has 0 spiro atoms. The second kappa shape index (κ2) is 18.7. The Labute approximate surface area is 291 Å². The topological polar surface area (TPSA) is 150 Å². The lowest BCUT2D eigenvalue weighted by molar-refractivity contribution is -0.266. The summed E-state index contributed by atoms with van der Waals surface area (Å²) in [5.74, 6) is 7.66. The monoisotopic (exact) mass is 708 g/mol. The van der Waals surface area contributed by atoms with Crippen LogP contribution >= 0.6 is 33.3 Å². The predicted molar refractivity (Wildman–Crippen MR) is 189 cm³/mol. The number of terminal acetylenes is 1. The molecule has 13 heteroatoms. The smallest absolute Gasteiger partial charge is 0.304 e. The zero-order valence-electron chi connectivity index (χ0n) is 27.9. The van der Waals surface area contributed by atoms with Gasteiger partial charge in [-0.3, -0.25) is 14.4 Å². The highest BCUT2D eigenvalue weighted by atomic mass is 33.1. The van der Waals surface area contributed by atoms with E-state index in [4.69, 9.17) is 31.2 Å². The number of Topliss-reactive ketones (excluding diaryl/α,β-unsaturated/α-hetero) is 1. The van der Waals surface area contributed by atoms with Gasteiger partial charge in [-0.05, 0) is 64.0 Å². The minimum absolute atomic E-state index is 0.0290. The van der Waals surface area contributed by atoms with E-state index >= 15 is 0 Å². The standard InChI is InChI=1S/C34H48N2O8S3/c1-8-9-10-11-12-26(31-23(20(2)17-24(37)32(31)35)15-16-46-47-34(5,6)19-28(39)40)43-30-18-25(38)33(22(4)42-30)36-44-29-14-13-27(45-7)21(3)41-29/h1,9-10,15,20-22,25-27,29-30,33,36,38H,13-14,16-19,35H2,2-7H3,(H,39,40)/b10-9-,23-15-/t20?,21?,22?,25?,26-,27-,29?,30?,33+/m0/s1. The van der Waals surface area contributed by atoms with Crippen molar-refractivity contribution in [3.8, 4) is 24.2 Å². The molecule has 0 aromatic heterocycles. The van der Waals surface area contributed by atoms with Gasteiger partial charge in [-0.15, -0.1) is 6.42 Å².